The van der Waals surface area contributed by atoms with Crippen molar-refractivity contribution in [3.63, 3.8) is 0 Å². The molecule has 1 heterocycles. The first-order chi connectivity index (χ1) is 4.30. The Bertz CT molecular complexity index is 116. The number of nitrogens with zero attached hydrogens (tertiary/aromatic N) is 1. The minimum atomic E-state index is 0.317. The molecule has 1 saturated heterocycles. The monoisotopic (exact) mass is 210 g/mol. The van der Waals surface area contributed by atoms with Crippen LogP contribution >= 0.6 is 0 Å². The van der Waals surface area contributed by atoms with Crippen molar-refractivity contribution in [3.05, 3.63) is 0 Å². The second kappa shape index (κ2) is 3.36. The number of carbonyl (C=O) groups excluding carboxylic acids is 1. The standard InChI is InChI=1S/C6H11NO.Mo/c8-6-4-2-1-3-5-7-6;/h1-5H2,(H,7,8);/q;+1/p-1. The number of carbonyl (C=O) groups is 1. The van der Waals surface area contributed by atoms with Crippen LogP contribution in [0.25, 0.3) is 0 Å². The third kappa shape index (κ3) is 2.09. The molecule has 0 N–H and O–H groups in total. The molecule has 9 heavy (non-hydrogen) atoms. The maximum absolute atomic E-state index is 10.9. The molecule has 0 aliphatic carbocycles. The summed E-state index contributed by atoms with van der Waals surface area (Å²) in [7, 11) is 0. The number of rotatable bonds is 0. The van der Waals surface area contributed by atoms with Gasteiger partial charge in [0.25, 0.3) is 0 Å². The van der Waals surface area contributed by atoms with Gasteiger partial charge in [0.1, 0.15) is 0 Å². The van der Waals surface area contributed by atoms with Crippen molar-refractivity contribution < 1.29 is 24.9 Å². The van der Waals surface area contributed by atoms with Gasteiger partial charge in [-0.15, -0.1) is 0 Å². The Morgan fingerprint density at radius 1 is 1.33 bits per heavy atom. The first kappa shape index (κ1) is 7.27. The summed E-state index contributed by atoms with van der Waals surface area (Å²) >= 11 is 1.81. The number of hydrogen-bond donors (Lipinski definition) is 0. The molecule has 1 amide bonds. The summed E-state index contributed by atoms with van der Waals surface area (Å²) in [5.74, 6) is 0.317. The molecule has 0 radical (unpaired) electrons. The molecule has 1 aliphatic heterocycles. The van der Waals surface area contributed by atoms with Crippen molar-refractivity contribution in [3.8, 4) is 0 Å². The van der Waals surface area contributed by atoms with E-state index in [2.05, 4.69) is 0 Å². The van der Waals surface area contributed by atoms with Crippen LogP contribution in [0, 0.1) is 0 Å². The van der Waals surface area contributed by atoms with E-state index >= 15 is 0 Å². The van der Waals surface area contributed by atoms with Crippen molar-refractivity contribution in [1.82, 2.24) is 3.46 Å². The summed E-state index contributed by atoms with van der Waals surface area (Å²) in [6.07, 6.45) is 4.26. The Morgan fingerprint density at radius 2 is 2.11 bits per heavy atom. The topological polar surface area (TPSA) is 20.3 Å². The van der Waals surface area contributed by atoms with Crippen molar-refractivity contribution in [2.45, 2.75) is 25.7 Å². The van der Waals surface area contributed by atoms with Crippen LogP contribution in [0.2, 0.25) is 0 Å². The Labute approximate surface area is 66.8 Å². The van der Waals surface area contributed by atoms with Gasteiger partial charge in [-0.2, -0.15) is 0 Å². The van der Waals surface area contributed by atoms with Gasteiger partial charge < -0.3 is 0 Å². The molecule has 0 bridgehead atoms. The number of amides is 1. The third-order valence-electron chi connectivity index (χ3n) is 1.53. The van der Waals surface area contributed by atoms with Crippen molar-refractivity contribution in [2.24, 2.45) is 0 Å². The van der Waals surface area contributed by atoms with Gasteiger partial charge in [-0.05, 0) is 0 Å². The minimum absolute atomic E-state index is 0.317. The Balaban J connectivity index is 2.41. The molecular weight excluding hydrogens is 198 g/mol. The molecule has 0 aromatic rings. The average Bonchev–Trinajstić information content (AvgIpc) is 1.99. The maximum atomic E-state index is 10.9. The second-order valence-electron chi connectivity index (χ2n) is 2.31. The summed E-state index contributed by atoms with van der Waals surface area (Å²) in [4.78, 5) is 10.9. The van der Waals surface area contributed by atoms with Gasteiger partial charge in [0.15, 0.2) is 0 Å². The second-order valence-corrected chi connectivity index (χ2v) is 3.39. The van der Waals surface area contributed by atoms with Gasteiger partial charge >= 0.3 is 66.5 Å². The molecule has 0 aromatic carbocycles. The van der Waals surface area contributed by atoms with Crippen LogP contribution in [0.4, 0.5) is 0 Å². The Hall–Kier alpha value is 0.158. The van der Waals surface area contributed by atoms with E-state index in [-0.39, 0.29) is 0 Å². The van der Waals surface area contributed by atoms with Crippen molar-refractivity contribution >= 4 is 5.91 Å². The van der Waals surface area contributed by atoms with Crippen LogP contribution in [-0.4, -0.2) is 15.9 Å². The van der Waals surface area contributed by atoms with Crippen molar-refractivity contribution in [1.29, 1.82) is 0 Å². The van der Waals surface area contributed by atoms with E-state index < -0.39 is 0 Å². The average molecular weight is 208 g/mol. The van der Waals surface area contributed by atoms with Crippen LogP contribution in [0.5, 0.6) is 0 Å². The van der Waals surface area contributed by atoms with Gasteiger partial charge in [0, 0.05) is 0 Å². The molecule has 0 aromatic heterocycles. The van der Waals surface area contributed by atoms with Crippen LogP contribution in [-0.2, 0) is 24.9 Å². The number of hydrogen-bond acceptors (Lipinski definition) is 1. The third-order valence-corrected chi connectivity index (χ3v) is 2.48. The van der Waals surface area contributed by atoms with E-state index in [4.69, 9.17) is 0 Å². The summed E-state index contributed by atoms with van der Waals surface area (Å²) in [6, 6.07) is 0. The molecule has 0 atom stereocenters. The molecular formula is C6H10MoNO. The molecule has 1 rings (SSSR count). The first-order valence-corrected chi connectivity index (χ1v) is 4.18. The van der Waals surface area contributed by atoms with E-state index in [9.17, 15) is 4.79 Å². The van der Waals surface area contributed by atoms with Gasteiger partial charge in [0.2, 0.25) is 0 Å². The summed E-state index contributed by atoms with van der Waals surface area (Å²) in [5, 5.41) is 0. The SMILES string of the molecule is O=C1CCCCC[N]1[Mo]. The molecule has 0 unspecified atom stereocenters. The molecule has 0 saturated carbocycles. The fourth-order valence-corrected chi connectivity index (χ4v) is 1.50. The molecule has 2 nitrogen and oxygen atoms in total. The van der Waals surface area contributed by atoms with Gasteiger partial charge in [0.05, 0.1) is 0 Å². The van der Waals surface area contributed by atoms with Crippen LogP contribution in [0.15, 0.2) is 0 Å². The van der Waals surface area contributed by atoms with Gasteiger partial charge in [-0.3, -0.25) is 0 Å². The predicted molar refractivity (Wildman–Crippen MR) is 30.2 cm³/mol. The fourth-order valence-electron chi connectivity index (χ4n) is 0.958. The molecule has 51 valence electrons. The predicted octanol–water partition coefficient (Wildman–Crippen LogP) is 0.851. The molecule has 0 spiro atoms. The zero-order valence-electron chi connectivity index (χ0n) is 5.30. The quantitative estimate of drug-likeness (QED) is 0.540. The van der Waals surface area contributed by atoms with Crippen molar-refractivity contribution in [2.75, 3.05) is 6.54 Å². The van der Waals surface area contributed by atoms with E-state index in [1.165, 1.54) is 12.8 Å². The van der Waals surface area contributed by atoms with E-state index in [0.717, 1.165) is 19.4 Å². The summed E-state index contributed by atoms with van der Waals surface area (Å²) < 4.78 is 1.84. The Morgan fingerprint density at radius 3 is 2.89 bits per heavy atom. The zero-order valence-corrected chi connectivity index (χ0v) is 7.31. The normalized spacial score (nSPS) is 21.8. The zero-order chi connectivity index (χ0) is 6.69. The molecule has 1 fully saturated rings. The van der Waals surface area contributed by atoms with Gasteiger partial charge in [-0.25, -0.2) is 0 Å². The van der Waals surface area contributed by atoms with Gasteiger partial charge in [-0.1, -0.05) is 0 Å². The van der Waals surface area contributed by atoms with E-state index in [1.54, 1.807) is 0 Å². The summed E-state index contributed by atoms with van der Waals surface area (Å²) in [6.45, 7) is 0.962. The Kier molecular flexibility index (Phi) is 2.71. The van der Waals surface area contributed by atoms with E-state index in [0.29, 0.717) is 5.91 Å². The summed E-state index contributed by atoms with van der Waals surface area (Å²) in [5.41, 5.74) is 0. The van der Waals surface area contributed by atoms with Crippen LogP contribution < -0.4 is 0 Å². The molecule has 3 heteroatoms. The van der Waals surface area contributed by atoms with Crippen LogP contribution in [0.1, 0.15) is 25.7 Å². The fraction of sp³-hybridized carbons (Fsp3) is 0.833. The first-order valence-electron chi connectivity index (χ1n) is 3.28. The molecule has 1 aliphatic rings. The van der Waals surface area contributed by atoms with Crippen LogP contribution in [0.3, 0.4) is 0 Å². The van der Waals surface area contributed by atoms with E-state index in [1.807, 2.05) is 23.5 Å².